The van der Waals surface area contributed by atoms with Crippen molar-refractivity contribution in [1.29, 1.82) is 0 Å². The second kappa shape index (κ2) is 38.6. The molecule has 0 aromatic rings. The zero-order valence-corrected chi connectivity index (χ0v) is 33.6. The normalized spacial score (nSPS) is 15.5. The van der Waals surface area contributed by atoms with Gasteiger partial charge in [-0.15, -0.1) is 0 Å². The molecule has 0 heterocycles. The fraction of sp³-hybridized carbons (Fsp3) is 0.523. The molecule has 0 rings (SSSR count). The Labute approximate surface area is 322 Å². The third-order valence-electron chi connectivity index (χ3n) is 7.48. The fourth-order valence-electron chi connectivity index (χ4n) is 4.57. The van der Waals surface area contributed by atoms with E-state index in [1.54, 1.807) is 6.08 Å². The molecule has 0 saturated carbocycles. The summed E-state index contributed by atoms with van der Waals surface area (Å²) < 4.78 is 22.0. The largest absolute Gasteiger partial charge is 0.472 e. The van der Waals surface area contributed by atoms with Gasteiger partial charge in [-0.05, 0) is 89.9 Å². The summed E-state index contributed by atoms with van der Waals surface area (Å²) in [7, 11) is -4.37. The SMILES string of the molecule is CC/C=C\C/C=C\C/C=C\C/C=C\C/C=C\C/C=C\C/C=C\CCCC(=O)NC(COP(=O)(O)OCCN)C(O)/C=C/CC/C=C/CC/C=C/CCC. The highest BCUT2D eigenvalue weighted by Gasteiger charge is 2.26. The van der Waals surface area contributed by atoms with Gasteiger partial charge in [-0.25, -0.2) is 4.57 Å². The van der Waals surface area contributed by atoms with E-state index < -0.39 is 26.6 Å². The van der Waals surface area contributed by atoms with Gasteiger partial charge in [0.25, 0.3) is 0 Å². The van der Waals surface area contributed by atoms with Crippen molar-refractivity contribution in [3.63, 3.8) is 0 Å². The van der Waals surface area contributed by atoms with E-state index in [4.69, 9.17) is 14.8 Å². The summed E-state index contributed by atoms with van der Waals surface area (Å²) in [6.07, 6.45) is 55.5. The van der Waals surface area contributed by atoms with Gasteiger partial charge in [-0.2, -0.15) is 0 Å². The first-order chi connectivity index (χ1) is 25.9. The number of aliphatic hydroxyl groups is 1. The van der Waals surface area contributed by atoms with E-state index in [-0.39, 0.29) is 25.5 Å². The highest BCUT2D eigenvalue weighted by atomic mass is 31.2. The van der Waals surface area contributed by atoms with Gasteiger partial charge in [-0.3, -0.25) is 13.8 Å². The molecule has 0 aromatic heterocycles. The molecule has 5 N–H and O–H groups in total. The topological polar surface area (TPSA) is 131 Å². The van der Waals surface area contributed by atoms with Crippen molar-refractivity contribution in [3.05, 3.63) is 122 Å². The van der Waals surface area contributed by atoms with Gasteiger partial charge in [-0.1, -0.05) is 142 Å². The van der Waals surface area contributed by atoms with Crippen molar-refractivity contribution in [1.82, 2.24) is 5.32 Å². The molecule has 0 spiro atoms. The summed E-state index contributed by atoms with van der Waals surface area (Å²) in [6, 6.07) is -0.921. The molecule has 298 valence electrons. The summed E-state index contributed by atoms with van der Waals surface area (Å²) in [6.45, 7) is 3.82. The van der Waals surface area contributed by atoms with Gasteiger partial charge in [0.1, 0.15) is 0 Å². The minimum Gasteiger partial charge on any atom is -0.387 e. The van der Waals surface area contributed by atoms with E-state index >= 15 is 0 Å². The van der Waals surface area contributed by atoms with E-state index in [1.165, 1.54) is 0 Å². The quantitative estimate of drug-likeness (QED) is 0.0292. The Kier molecular flexibility index (Phi) is 36.4. The lowest BCUT2D eigenvalue weighted by atomic mass is 10.1. The third kappa shape index (κ3) is 37.0. The van der Waals surface area contributed by atoms with E-state index in [0.29, 0.717) is 12.8 Å². The third-order valence-corrected chi connectivity index (χ3v) is 8.46. The maximum absolute atomic E-state index is 12.7. The van der Waals surface area contributed by atoms with Gasteiger partial charge >= 0.3 is 7.82 Å². The van der Waals surface area contributed by atoms with Crippen LogP contribution in [0.2, 0.25) is 0 Å². The van der Waals surface area contributed by atoms with Crippen molar-refractivity contribution < 1.29 is 28.4 Å². The van der Waals surface area contributed by atoms with Crippen LogP contribution in [-0.4, -0.2) is 47.8 Å². The van der Waals surface area contributed by atoms with Crippen LogP contribution in [0, 0.1) is 0 Å². The number of amides is 1. The summed E-state index contributed by atoms with van der Waals surface area (Å²) >= 11 is 0. The number of unbranched alkanes of at least 4 members (excludes halogenated alkanes) is 4. The zero-order chi connectivity index (χ0) is 38.9. The fourth-order valence-corrected chi connectivity index (χ4v) is 5.33. The standard InChI is InChI=1S/C44H71N2O6P/c1-3-5-7-9-11-13-15-16-17-18-19-20-21-22-23-24-25-26-28-30-32-34-36-38-44(48)46-42(41-52-53(49,50)51-40-39-45)43(47)37-35-33-31-29-27-14-12-10-8-6-4-2/h5,7-8,10-11,13,16-17,19-20,22-23,25-27,29-30,32,35,37,42-43,47H,3-4,6,9,12,14-15,18,21,24,28,31,33-34,36,38-41,45H2,1-2H3,(H,46,48)(H,49,50)/b7-5-,10-8+,13-11-,17-16-,20-19-,23-22-,26-25-,29-27+,32-30-,37-35+. The molecule has 0 saturated heterocycles. The summed E-state index contributed by atoms with van der Waals surface area (Å²) in [5.41, 5.74) is 5.34. The number of phosphoric ester groups is 1. The number of aliphatic hydroxyl groups excluding tert-OH is 1. The number of rotatable bonds is 34. The summed E-state index contributed by atoms with van der Waals surface area (Å²) in [4.78, 5) is 22.6. The number of phosphoric acid groups is 1. The van der Waals surface area contributed by atoms with Gasteiger partial charge in [0, 0.05) is 13.0 Å². The zero-order valence-electron chi connectivity index (χ0n) is 32.7. The first kappa shape index (κ1) is 49.9. The maximum atomic E-state index is 12.7. The number of hydrogen-bond acceptors (Lipinski definition) is 6. The lowest BCUT2D eigenvalue weighted by Gasteiger charge is -2.23. The molecule has 0 aliphatic carbocycles. The molecule has 0 radical (unpaired) electrons. The average Bonchev–Trinajstić information content (AvgIpc) is 3.14. The van der Waals surface area contributed by atoms with Crippen LogP contribution < -0.4 is 11.1 Å². The van der Waals surface area contributed by atoms with E-state index in [1.807, 2.05) is 6.08 Å². The first-order valence-electron chi connectivity index (χ1n) is 19.7. The highest BCUT2D eigenvalue weighted by Crippen LogP contribution is 2.43. The molecule has 53 heavy (non-hydrogen) atoms. The molecular formula is C44H71N2O6P. The van der Waals surface area contributed by atoms with Crippen molar-refractivity contribution in [2.45, 2.75) is 129 Å². The van der Waals surface area contributed by atoms with Crippen LogP contribution in [0.15, 0.2) is 122 Å². The molecule has 0 aliphatic heterocycles. The average molecular weight is 755 g/mol. The highest BCUT2D eigenvalue weighted by molar-refractivity contribution is 7.47. The second-order valence-corrected chi connectivity index (χ2v) is 13.8. The van der Waals surface area contributed by atoms with Crippen LogP contribution >= 0.6 is 7.82 Å². The van der Waals surface area contributed by atoms with Crippen molar-refractivity contribution in [2.75, 3.05) is 19.8 Å². The predicted molar refractivity (Wildman–Crippen MR) is 225 cm³/mol. The predicted octanol–water partition coefficient (Wildman–Crippen LogP) is 10.8. The second-order valence-electron chi connectivity index (χ2n) is 12.4. The van der Waals surface area contributed by atoms with Crippen molar-refractivity contribution in [2.24, 2.45) is 5.73 Å². The lowest BCUT2D eigenvalue weighted by Crippen LogP contribution is -2.45. The van der Waals surface area contributed by atoms with Crippen LogP contribution in [0.5, 0.6) is 0 Å². The molecule has 9 heteroatoms. The van der Waals surface area contributed by atoms with Gasteiger partial charge in [0.15, 0.2) is 0 Å². The molecule has 3 unspecified atom stereocenters. The molecule has 0 aliphatic rings. The van der Waals surface area contributed by atoms with E-state index in [0.717, 1.165) is 83.5 Å². The van der Waals surface area contributed by atoms with Gasteiger partial charge < -0.3 is 21.1 Å². The number of allylic oxidation sites excluding steroid dienone is 19. The Bertz CT molecular complexity index is 1230. The number of nitrogens with one attached hydrogen (secondary N) is 1. The van der Waals surface area contributed by atoms with Gasteiger partial charge in [0.05, 0.1) is 25.4 Å². The maximum Gasteiger partial charge on any atom is 0.472 e. The molecule has 0 fully saturated rings. The molecule has 1 amide bonds. The Balaban J connectivity index is 4.43. The Morgan fingerprint density at radius 2 is 1.08 bits per heavy atom. The molecule has 0 aromatic carbocycles. The Hall–Kier alpha value is -3.10. The van der Waals surface area contributed by atoms with Gasteiger partial charge in [0.2, 0.25) is 5.91 Å². The monoisotopic (exact) mass is 755 g/mol. The molecule has 0 bridgehead atoms. The minimum absolute atomic E-state index is 0.0548. The van der Waals surface area contributed by atoms with Crippen LogP contribution in [0.25, 0.3) is 0 Å². The van der Waals surface area contributed by atoms with E-state index in [9.17, 15) is 19.4 Å². The minimum atomic E-state index is -4.37. The summed E-state index contributed by atoms with van der Waals surface area (Å²) in [5.74, 6) is -0.275. The number of hydrogen-bond donors (Lipinski definition) is 4. The first-order valence-corrected chi connectivity index (χ1v) is 21.2. The molecular weight excluding hydrogens is 683 g/mol. The molecule has 8 nitrogen and oxygen atoms in total. The van der Waals surface area contributed by atoms with Crippen molar-refractivity contribution in [3.8, 4) is 0 Å². The number of nitrogens with two attached hydrogens (primary N) is 1. The smallest absolute Gasteiger partial charge is 0.387 e. The van der Waals surface area contributed by atoms with Crippen LogP contribution in [0.3, 0.4) is 0 Å². The number of carbonyl (C=O) groups excluding carboxylic acids is 1. The lowest BCUT2D eigenvalue weighted by molar-refractivity contribution is -0.122. The van der Waals surface area contributed by atoms with Crippen LogP contribution in [-0.2, 0) is 18.4 Å². The Morgan fingerprint density at radius 1 is 0.642 bits per heavy atom. The summed E-state index contributed by atoms with van der Waals surface area (Å²) in [5, 5.41) is 13.5. The Morgan fingerprint density at radius 3 is 1.55 bits per heavy atom. The molecule has 3 atom stereocenters. The number of carbonyl (C=O) groups is 1. The van der Waals surface area contributed by atoms with E-state index in [2.05, 4.69) is 129 Å². The van der Waals surface area contributed by atoms with Crippen molar-refractivity contribution >= 4 is 13.7 Å². The van der Waals surface area contributed by atoms with Crippen LogP contribution in [0.4, 0.5) is 0 Å². The van der Waals surface area contributed by atoms with Crippen LogP contribution in [0.1, 0.15) is 117 Å².